The highest BCUT2D eigenvalue weighted by atomic mass is 19.3. The minimum absolute atomic E-state index is 0.165. The zero-order valence-electron chi connectivity index (χ0n) is 8.79. The van der Waals surface area contributed by atoms with E-state index in [4.69, 9.17) is 5.26 Å². The van der Waals surface area contributed by atoms with Gasteiger partial charge in [-0.25, -0.2) is 8.78 Å². The number of carbonyl (C=O) groups is 1. The second-order valence-electron chi connectivity index (χ2n) is 3.11. The number of alkyl halides is 2. The number of nitriles is 1. The lowest BCUT2D eigenvalue weighted by molar-refractivity contribution is -0.139. The fraction of sp³-hybridized carbons (Fsp3) is 0.300. The number of nitrogens with zero attached hydrogens (tertiary/aromatic N) is 1. The van der Waals surface area contributed by atoms with Crippen LogP contribution in [0.4, 0.5) is 8.78 Å². The Bertz CT molecular complexity index is 531. The molecule has 1 aromatic rings. The molecule has 0 amide bonds. The number of H-pyrrole nitrogens is 1. The van der Waals surface area contributed by atoms with Crippen molar-refractivity contribution < 1.29 is 18.3 Å². The van der Waals surface area contributed by atoms with Crippen molar-refractivity contribution in [2.75, 3.05) is 7.11 Å². The highest BCUT2D eigenvalue weighted by molar-refractivity contribution is 5.72. The van der Waals surface area contributed by atoms with Gasteiger partial charge in [-0.15, -0.1) is 0 Å². The molecule has 1 N–H and O–H groups in total. The maximum absolute atomic E-state index is 12.6. The SMILES string of the molecule is COC(=O)Cc1[nH]c(=O)cc(C(F)F)c1C#N. The van der Waals surface area contributed by atoms with Crippen LogP contribution in [0.15, 0.2) is 10.9 Å². The number of rotatable bonds is 3. The third-order valence-corrected chi connectivity index (χ3v) is 2.05. The smallest absolute Gasteiger partial charge is 0.311 e. The van der Waals surface area contributed by atoms with Crippen molar-refractivity contribution >= 4 is 5.97 Å². The van der Waals surface area contributed by atoms with Gasteiger partial charge in [0.25, 0.3) is 6.43 Å². The molecule has 0 aliphatic heterocycles. The van der Waals surface area contributed by atoms with E-state index in [1.54, 1.807) is 6.07 Å². The molecular formula is C10H8F2N2O3. The van der Waals surface area contributed by atoms with Crippen molar-refractivity contribution in [3.8, 4) is 6.07 Å². The van der Waals surface area contributed by atoms with Gasteiger partial charge in [0.1, 0.15) is 6.07 Å². The van der Waals surface area contributed by atoms with Gasteiger partial charge in [-0.2, -0.15) is 5.26 Å². The molecule has 5 nitrogen and oxygen atoms in total. The van der Waals surface area contributed by atoms with E-state index in [1.807, 2.05) is 0 Å². The molecule has 7 heteroatoms. The maximum Gasteiger partial charge on any atom is 0.311 e. The topological polar surface area (TPSA) is 83.0 Å². The van der Waals surface area contributed by atoms with Crippen LogP contribution in [0, 0.1) is 11.3 Å². The Morgan fingerprint density at radius 1 is 1.65 bits per heavy atom. The molecule has 0 fully saturated rings. The average molecular weight is 242 g/mol. The van der Waals surface area contributed by atoms with Crippen LogP contribution in [0.1, 0.15) is 23.2 Å². The van der Waals surface area contributed by atoms with Crippen LogP contribution in [0.25, 0.3) is 0 Å². The van der Waals surface area contributed by atoms with Crippen molar-refractivity contribution in [3.05, 3.63) is 33.2 Å². The number of carbonyl (C=O) groups excluding carboxylic acids is 1. The van der Waals surface area contributed by atoms with Gasteiger partial charge < -0.3 is 9.72 Å². The van der Waals surface area contributed by atoms with Crippen molar-refractivity contribution in [2.45, 2.75) is 12.8 Å². The Morgan fingerprint density at radius 2 is 2.29 bits per heavy atom. The van der Waals surface area contributed by atoms with Gasteiger partial charge in [0.15, 0.2) is 0 Å². The third-order valence-electron chi connectivity index (χ3n) is 2.05. The highest BCUT2D eigenvalue weighted by Crippen LogP contribution is 2.22. The summed E-state index contributed by atoms with van der Waals surface area (Å²) in [5, 5.41) is 8.77. The Labute approximate surface area is 94.6 Å². The number of aromatic amines is 1. The number of pyridine rings is 1. The van der Waals surface area contributed by atoms with Gasteiger partial charge in [0.05, 0.1) is 19.1 Å². The predicted molar refractivity (Wildman–Crippen MR) is 52.5 cm³/mol. The quantitative estimate of drug-likeness (QED) is 0.798. The largest absolute Gasteiger partial charge is 0.469 e. The standard InChI is InChI=1S/C10H8F2N2O3/c1-17-9(16)3-7-6(4-13)5(10(11)12)2-8(15)14-7/h2,10H,3H2,1H3,(H,14,15). The molecule has 0 unspecified atom stereocenters. The van der Waals surface area contributed by atoms with E-state index in [9.17, 15) is 18.4 Å². The highest BCUT2D eigenvalue weighted by Gasteiger charge is 2.19. The maximum atomic E-state index is 12.6. The van der Waals surface area contributed by atoms with Crippen molar-refractivity contribution in [2.24, 2.45) is 0 Å². The monoisotopic (exact) mass is 242 g/mol. The van der Waals surface area contributed by atoms with E-state index in [0.29, 0.717) is 6.07 Å². The van der Waals surface area contributed by atoms with Crippen LogP contribution in [0.2, 0.25) is 0 Å². The second kappa shape index (κ2) is 5.21. The molecule has 1 aromatic heterocycles. The Hall–Kier alpha value is -2.23. The molecule has 0 saturated heterocycles. The van der Waals surface area contributed by atoms with Crippen LogP contribution in [0.3, 0.4) is 0 Å². The number of halogens is 2. The Morgan fingerprint density at radius 3 is 2.76 bits per heavy atom. The summed E-state index contributed by atoms with van der Waals surface area (Å²) in [6.07, 6.45) is -3.39. The fourth-order valence-electron chi connectivity index (χ4n) is 1.29. The summed E-state index contributed by atoms with van der Waals surface area (Å²) in [5.74, 6) is -0.733. The number of hydrogen-bond acceptors (Lipinski definition) is 4. The van der Waals surface area contributed by atoms with E-state index in [1.165, 1.54) is 0 Å². The summed E-state index contributed by atoms with van der Waals surface area (Å²) in [4.78, 5) is 24.3. The predicted octanol–water partition coefficient (Wildman–Crippen LogP) is 0.900. The molecule has 0 aromatic carbocycles. The van der Waals surface area contributed by atoms with Crippen molar-refractivity contribution in [1.29, 1.82) is 5.26 Å². The van der Waals surface area contributed by atoms with Gasteiger partial charge in [0.2, 0.25) is 5.56 Å². The lowest BCUT2D eigenvalue weighted by Gasteiger charge is -2.07. The van der Waals surface area contributed by atoms with Gasteiger partial charge in [-0.05, 0) is 0 Å². The first-order valence-corrected chi connectivity index (χ1v) is 4.50. The molecule has 17 heavy (non-hydrogen) atoms. The number of hydrogen-bond donors (Lipinski definition) is 1. The lowest BCUT2D eigenvalue weighted by Crippen LogP contribution is -2.17. The Kier molecular flexibility index (Phi) is 3.93. The molecule has 0 aliphatic rings. The summed E-state index contributed by atoms with van der Waals surface area (Å²) in [7, 11) is 1.11. The molecule has 90 valence electrons. The van der Waals surface area contributed by atoms with Crippen LogP contribution >= 0.6 is 0 Å². The van der Waals surface area contributed by atoms with E-state index < -0.39 is 35.5 Å². The zero-order chi connectivity index (χ0) is 13.0. The second-order valence-corrected chi connectivity index (χ2v) is 3.11. The number of methoxy groups -OCH3 is 1. The fourth-order valence-corrected chi connectivity index (χ4v) is 1.29. The summed E-state index contributed by atoms with van der Waals surface area (Å²) < 4.78 is 29.5. The molecule has 0 spiro atoms. The Balaban J connectivity index is 3.34. The van der Waals surface area contributed by atoms with Crippen LogP contribution in [-0.2, 0) is 16.0 Å². The van der Waals surface area contributed by atoms with Gasteiger partial charge in [-0.3, -0.25) is 9.59 Å². The number of ether oxygens (including phenoxy) is 1. The normalized spacial score (nSPS) is 10.1. The molecule has 1 heterocycles. The van der Waals surface area contributed by atoms with Gasteiger partial charge >= 0.3 is 5.97 Å². The van der Waals surface area contributed by atoms with E-state index >= 15 is 0 Å². The number of nitrogens with one attached hydrogen (secondary N) is 1. The molecule has 0 atom stereocenters. The zero-order valence-corrected chi connectivity index (χ0v) is 8.79. The minimum atomic E-state index is -2.96. The molecule has 0 aliphatic carbocycles. The van der Waals surface area contributed by atoms with Gasteiger partial charge in [0, 0.05) is 17.3 Å². The third kappa shape index (κ3) is 2.87. The molecule has 1 rings (SSSR count). The molecule has 0 radical (unpaired) electrons. The van der Waals surface area contributed by atoms with E-state index in [2.05, 4.69) is 9.72 Å². The van der Waals surface area contributed by atoms with Crippen molar-refractivity contribution in [1.82, 2.24) is 4.98 Å². The van der Waals surface area contributed by atoms with Crippen molar-refractivity contribution in [3.63, 3.8) is 0 Å². The first-order chi connectivity index (χ1) is 7.99. The van der Waals surface area contributed by atoms with Crippen LogP contribution < -0.4 is 5.56 Å². The van der Waals surface area contributed by atoms with Gasteiger partial charge in [-0.1, -0.05) is 0 Å². The molecule has 0 bridgehead atoms. The molecular weight excluding hydrogens is 234 g/mol. The first kappa shape index (κ1) is 12.8. The summed E-state index contributed by atoms with van der Waals surface area (Å²) in [6.45, 7) is 0. The van der Waals surface area contributed by atoms with E-state index in [-0.39, 0.29) is 5.69 Å². The first-order valence-electron chi connectivity index (χ1n) is 4.50. The number of aromatic nitrogens is 1. The van der Waals surface area contributed by atoms with Crippen LogP contribution in [-0.4, -0.2) is 18.1 Å². The summed E-state index contributed by atoms with van der Waals surface area (Å²) >= 11 is 0. The minimum Gasteiger partial charge on any atom is -0.469 e. The lowest BCUT2D eigenvalue weighted by atomic mass is 10.1. The average Bonchev–Trinajstić information content (AvgIpc) is 2.28. The summed E-state index contributed by atoms with van der Waals surface area (Å²) in [6, 6.07) is 2.19. The van der Waals surface area contributed by atoms with Crippen LogP contribution in [0.5, 0.6) is 0 Å². The summed E-state index contributed by atoms with van der Waals surface area (Å²) in [5.41, 5.74) is -2.04. The molecule has 0 saturated carbocycles. The number of esters is 1. The van der Waals surface area contributed by atoms with E-state index in [0.717, 1.165) is 7.11 Å².